The highest BCUT2D eigenvalue weighted by molar-refractivity contribution is 7.17. The van der Waals surface area contributed by atoms with Crippen LogP contribution in [0.4, 0.5) is 16.5 Å². The van der Waals surface area contributed by atoms with Gasteiger partial charge in [-0.15, -0.1) is 10.2 Å². The number of piperazine rings is 1. The first-order valence-electron chi connectivity index (χ1n) is 9.75. The lowest BCUT2D eigenvalue weighted by Gasteiger charge is -2.30. The number of halogens is 1. The number of anilines is 3. The number of fused-ring (bicyclic) bond motifs is 1. The van der Waals surface area contributed by atoms with Gasteiger partial charge in [0.05, 0.1) is 24.1 Å². The van der Waals surface area contributed by atoms with E-state index >= 15 is 0 Å². The van der Waals surface area contributed by atoms with Crippen LogP contribution >= 0.6 is 22.9 Å². The number of pyridine rings is 1. The lowest BCUT2D eigenvalue weighted by atomic mass is 10.1. The summed E-state index contributed by atoms with van der Waals surface area (Å²) in [5, 5.41) is 15.3. The molecule has 0 atom stereocenters. The van der Waals surface area contributed by atoms with Gasteiger partial charge in [-0.2, -0.15) is 0 Å². The monoisotopic (exact) mass is 455 g/mol. The number of nitrogens with zero attached hydrogens (tertiary/aromatic N) is 5. The zero-order valence-corrected chi connectivity index (χ0v) is 17.9. The number of benzene rings is 1. The summed E-state index contributed by atoms with van der Waals surface area (Å²) in [6.07, 6.45) is 3.33. The molecule has 2 N–H and O–H groups in total. The third-order valence-electron chi connectivity index (χ3n) is 5.25. The van der Waals surface area contributed by atoms with Crippen molar-refractivity contribution in [2.75, 3.05) is 41.3 Å². The van der Waals surface area contributed by atoms with Crippen LogP contribution in [0, 0.1) is 0 Å². The van der Waals surface area contributed by atoms with Gasteiger partial charge < -0.3 is 15.5 Å². The maximum Gasteiger partial charge on any atom is 0.286 e. The van der Waals surface area contributed by atoms with Crippen molar-refractivity contribution < 1.29 is 9.59 Å². The molecule has 1 fully saturated rings. The SMILES string of the molecule is O=C(Nc1cnccc1N1CCNCC1)c1nnc(N2Cc3c(Cl)cccc3C2=O)s1. The maximum absolute atomic E-state index is 12.8. The highest BCUT2D eigenvalue weighted by Crippen LogP contribution is 2.34. The number of carbonyl (C=O) groups excluding carboxylic acids is 2. The Bertz CT molecular complexity index is 1160. The number of aromatic nitrogens is 3. The summed E-state index contributed by atoms with van der Waals surface area (Å²) in [5.41, 5.74) is 2.83. The predicted octanol–water partition coefficient (Wildman–Crippen LogP) is 2.41. The van der Waals surface area contributed by atoms with Crippen LogP contribution in [0.1, 0.15) is 25.7 Å². The summed E-state index contributed by atoms with van der Waals surface area (Å²) < 4.78 is 0. The van der Waals surface area contributed by atoms with E-state index in [0.717, 1.165) is 48.8 Å². The molecule has 3 aromatic rings. The van der Waals surface area contributed by atoms with Gasteiger partial charge in [0.25, 0.3) is 11.8 Å². The quantitative estimate of drug-likeness (QED) is 0.622. The smallest absolute Gasteiger partial charge is 0.286 e. The topological polar surface area (TPSA) is 103 Å². The van der Waals surface area contributed by atoms with E-state index in [9.17, 15) is 9.59 Å². The van der Waals surface area contributed by atoms with E-state index in [1.807, 2.05) is 6.07 Å². The Balaban J connectivity index is 1.34. The molecule has 2 aromatic heterocycles. The molecule has 5 rings (SSSR count). The van der Waals surface area contributed by atoms with Crippen molar-refractivity contribution in [3.63, 3.8) is 0 Å². The van der Waals surface area contributed by atoms with Crippen LogP contribution in [0.2, 0.25) is 5.02 Å². The fourth-order valence-electron chi connectivity index (χ4n) is 3.71. The molecule has 0 spiro atoms. The van der Waals surface area contributed by atoms with Crippen molar-refractivity contribution in [2.45, 2.75) is 6.54 Å². The Labute approximate surface area is 187 Å². The van der Waals surface area contributed by atoms with Gasteiger partial charge in [-0.3, -0.25) is 19.5 Å². The summed E-state index contributed by atoms with van der Waals surface area (Å²) >= 11 is 7.29. The van der Waals surface area contributed by atoms with Crippen LogP contribution in [-0.4, -0.2) is 53.2 Å². The van der Waals surface area contributed by atoms with Crippen molar-refractivity contribution in [1.82, 2.24) is 20.5 Å². The lowest BCUT2D eigenvalue weighted by Crippen LogP contribution is -2.43. The summed E-state index contributed by atoms with van der Waals surface area (Å²) in [7, 11) is 0. The predicted molar refractivity (Wildman–Crippen MR) is 119 cm³/mol. The number of amides is 2. The molecule has 31 heavy (non-hydrogen) atoms. The van der Waals surface area contributed by atoms with E-state index in [1.165, 1.54) is 4.90 Å². The number of carbonyl (C=O) groups is 2. The Morgan fingerprint density at radius 3 is 2.84 bits per heavy atom. The van der Waals surface area contributed by atoms with Crippen molar-refractivity contribution in [1.29, 1.82) is 0 Å². The van der Waals surface area contributed by atoms with Crippen LogP contribution in [0.15, 0.2) is 36.7 Å². The minimum Gasteiger partial charge on any atom is -0.367 e. The Kier molecular flexibility index (Phi) is 5.26. The third-order valence-corrected chi connectivity index (χ3v) is 6.55. The van der Waals surface area contributed by atoms with E-state index < -0.39 is 5.91 Å². The average Bonchev–Trinajstić information content (AvgIpc) is 3.41. The van der Waals surface area contributed by atoms with Gasteiger partial charge in [0.1, 0.15) is 0 Å². The second-order valence-electron chi connectivity index (χ2n) is 7.13. The Morgan fingerprint density at radius 1 is 1.19 bits per heavy atom. The molecular weight excluding hydrogens is 438 g/mol. The molecule has 0 saturated carbocycles. The van der Waals surface area contributed by atoms with Crippen molar-refractivity contribution in [3.05, 3.63) is 57.8 Å². The number of rotatable bonds is 4. The van der Waals surface area contributed by atoms with Crippen molar-refractivity contribution in [3.8, 4) is 0 Å². The molecule has 2 amide bonds. The molecule has 0 unspecified atom stereocenters. The zero-order chi connectivity index (χ0) is 21.4. The minimum atomic E-state index is -0.393. The average molecular weight is 456 g/mol. The van der Waals surface area contributed by atoms with Crippen LogP contribution in [-0.2, 0) is 6.54 Å². The Morgan fingerprint density at radius 2 is 2.03 bits per heavy atom. The van der Waals surface area contributed by atoms with E-state index in [-0.39, 0.29) is 10.9 Å². The summed E-state index contributed by atoms with van der Waals surface area (Å²) in [6.45, 7) is 3.75. The van der Waals surface area contributed by atoms with E-state index in [1.54, 1.807) is 30.6 Å². The summed E-state index contributed by atoms with van der Waals surface area (Å²) in [4.78, 5) is 33.4. The second-order valence-corrected chi connectivity index (χ2v) is 8.49. The highest BCUT2D eigenvalue weighted by Gasteiger charge is 2.32. The van der Waals surface area contributed by atoms with Crippen LogP contribution < -0.4 is 20.4 Å². The van der Waals surface area contributed by atoms with Gasteiger partial charge in [0, 0.05) is 48.5 Å². The molecule has 9 nitrogen and oxygen atoms in total. The normalized spacial score (nSPS) is 15.8. The van der Waals surface area contributed by atoms with Crippen molar-refractivity contribution in [2.24, 2.45) is 0 Å². The molecule has 1 aromatic carbocycles. The van der Waals surface area contributed by atoms with Crippen molar-refractivity contribution >= 4 is 51.3 Å². The first-order chi connectivity index (χ1) is 15.1. The first-order valence-corrected chi connectivity index (χ1v) is 10.9. The standard InChI is InChI=1S/C20H18ClN7O2S/c21-14-3-1-2-12-13(14)11-28(19(12)30)20-26-25-18(31-20)17(29)24-15-10-23-5-4-16(15)27-8-6-22-7-9-27/h1-5,10,22H,6-9,11H2,(H,24,29). The summed E-state index contributed by atoms with van der Waals surface area (Å²) in [5.74, 6) is -0.593. The molecule has 0 radical (unpaired) electrons. The second kappa shape index (κ2) is 8.22. The Hall–Kier alpha value is -3.08. The van der Waals surface area contributed by atoms with Gasteiger partial charge in [0.2, 0.25) is 10.1 Å². The number of hydrogen-bond donors (Lipinski definition) is 2. The van der Waals surface area contributed by atoms with E-state index in [0.29, 0.717) is 27.9 Å². The minimum absolute atomic E-state index is 0.167. The summed E-state index contributed by atoms with van der Waals surface area (Å²) in [6, 6.07) is 7.11. The number of nitrogens with one attached hydrogen (secondary N) is 2. The molecule has 2 aliphatic rings. The molecule has 0 bridgehead atoms. The van der Waals surface area contributed by atoms with Crippen LogP contribution in [0.5, 0.6) is 0 Å². The maximum atomic E-state index is 12.8. The lowest BCUT2D eigenvalue weighted by molar-refractivity contribution is 0.0994. The zero-order valence-electron chi connectivity index (χ0n) is 16.3. The third kappa shape index (κ3) is 3.73. The van der Waals surface area contributed by atoms with Crippen LogP contribution in [0.25, 0.3) is 0 Å². The largest absolute Gasteiger partial charge is 0.367 e. The molecule has 4 heterocycles. The van der Waals surface area contributed by atoms with Gasteiger partial charge in [-0.05, 0) is 18.2 Å². The highest BCUT2D eigenvalue weighted by atomic mass is 35.5. The van der Waals surface area contributed by atoms with Crippen LogP contribution in [0.3, 0.4) is 0 Å². The van der Waals surface area contributed by atoms with Gasteiger partial charge in [0.15, 0.2) is 0 Å². The number of hydrogen-bond acceptors (Lipinski definition) is 8. The van der Waals surface area contributed by atoms with Gasteiger partial charge >= 0.3 is 0 Å². The van der Waals surface area contributed by atoms with E-state index in [4.69, 9.17) is 11.6 Å². The first kappa shape index (κ1) is 19.9. The fraction of sp³-hybridized carbons (Fsp3) is 0.250. The van der Waals surface area contributed by atoms with Gasteiger partial charge in [-0.25, -0.2) is 0 Å². The molecule has 0 aliphatic carbocycles. The van der Waals surface area contributed by atoms with E-state index in [2.05, 4.69) is 30.7 Å². The molecule has 1 saturated heterocycles. The van der Waals surface area contributed by atoms with Gasteiger partial charge in [-0.1, -0.05) is 29.0 Å². The molecule has 11 heteroatoms. The molecule has 2 aliphatic heterocycles. The molecular formula is C20H18ClN7O2S. The molecule has 158 valence electrons. The fourth-order valence-corrected chi connectivity index (χ4v) is 4.68.